The van der Waals surface area contributed by atoms with E-state index in [0.29, 0.717) is 0 Å². The minimum Gasteiger partial charge on any atom is -0.397 e. The number of aromatic nitrogens is 2. The first-order valence-corrected chi connectivity index (χ1v) is 4.56. The summed E-state index contributed by atoms with van der Waals surface area (Å²) in [7, 11) is 0. The van der Waals surface area contributed by atoms with E-state index in [1.807, 2.05) is 0 Å². The minimum atomic E-state index is -4.58. The lowest BCUT2D eigenvalue weighted by Crippen LogP contribution is -2.10. The molecule has 3 nitrogen and oxygen atoms in total. The van der Waals surface area contributed by atoms with Crippen LogP contribution in [0.15, 0.2) is 18.2 Å². The molecule has 2 N–H and O–H groups in total. The number of rotatable bonds is 0. The number of benzene rings is 1. The van der Waals surface area contributed by atoms with Crippen LogP contribution in [0, 0.1) is 0 Å². The molecule has 0 unspecified atom stereocenters. The van der Waals surface area contributed by atoms with E-state index in [2.05, 4.69) is 9.97 Å². The SMILES string of the molecule is Nc1cccc2c(C(F)(F)F)nc(Cl)nc12. The summed E-state index contributed by atoms with van der Waals surface area (Å²) < 4.78 is 37.9. The maximum absolute atomic E-state index is 12.6. The summed E-state index contributed by atoms with van der Waals surface area (Å²) in [6.07, 6.45) is -4.58. The molecule has 0 radical (unpaired) electrons. The average Bonchev–Trinajstić information content (AvgIpc) is 2.17. The molecular weight excluding hydrogens is 243 g/mol. The molecule has 2 rings (SSSR count). The van der Waals surface area contributed by atoms with Crippen LogP contribution in [0.5, 0.6) is 0 Å². The normalized spacial score (nSPS) is 12.0. The first-order chi connectivity index (χ1) is 7.39. The third-order valence-corrected chi connectivity index (χ3v) is 2.17. The number of nitrogen functional groups attached to an aromatic ring is 1. The van der Waals surface area contributed by atoms with Gasteiger partial charge in [0.05, 0.1) is 11.2 Å². The van der Waals surface area contributed by atoms with Gasteiger partial charge in [-0.05, 0) is 17.7 Å². The number of halogens is 4. The van der Waals surface area contributed by atoms with E-state index in [1.165, 1.54) is 18.2 Å². The second-order valence-electron chi connectivity index (χ2n) is 3.08. The molecular formula is C9H5ClF3N3. The van der Waals surface area contributed by atoms with Crippen LogP contribution in [0.3, 0.4) is 0 Å². The van der Waals surface area contributed by atoms with Crippen molar-refractivity contribution in [2.24, 2.45) is 0 Å². The van der Waals surface area contributed by atoms with Crippen molar-refractivity contribution in [3.05, 3.63) is 29.2 Å². The van der Waals surface area contributed by atoms with Crippen molar-refractivity contribution in [2.75, 3.05) is 5.73 Å². The van der Waals surface area contributed by atoms with Crippen LogP contribution < -0.4 is 5.73 Å². The fraction of sp³-hybridized carbons (Fsp3) is 0.111. The van der Waals surface area contributed by atoms with Gasteiger partial charge in [0, 0.05) is 5.39 Å². The topological polar surface area (TPSA) is 51.8 Å². The molecule has 0 saturated heterocycles. The number of fused-ring (bicyclic) bond motifs is 1. The molecule has 0 atom stereocenters. The second-order valence-corrected chi connectivity index (χ2v) is 3.42. The Morgan fingerprint density at radius 3 is 2.50 bits per heavy atom. The highest BCUT2D eigenvalue weighted by molar-refractivity contribution is 6.28. The lowest BCUT2D eigenvalue weighted by atomic mass is 10.1. The molecule has 0 saturated carbocycles. The van der Waals surface area contributed by atoms with Crippen molar-refractivity contribution in [3.8, 4) is 0 Å². The van der Waals surface area contributed by atoms with Crippen molar-refractivity contribution in [3.63, 3.8) is 0 Å². The van der Waals surface area contributed by atoms with E-state index in [0.717, 1.165) is 0 Å². The first-order valence-electron chi connectivity index (χ1n) is 4.18. The lowest BCUT2D eigenvalue weighted by Gasteiger charge is -2.10. The summed E-state index contributed by atoms with van der Waals surface area (Å²) in [5.74, 6) is 0. The highest BCUT2D eigenvalue weighted by atomic mass is 35.5. The van der Waals surface area contributed by atoms with Crippen LogP contribution in [0.4, 0.5) is 18.9 Å². The number of hydrogen-bond donors (Lipinski definition) is 1. The predicted molar refractivity (Wildman–Crippen MR) is 54.0 cm³/mol. The van der Waals surface area contributed by atoms with Gasteiger partial charge < -0.3 is 5.73 Å². The van der Waals surface area contributed by atoms with Crippen molar-refractivity contribution < 1.29 is 13.2 Å². The van der Waals surface area contributed by atoms with E-state index in [1.54, 1.807) is 0 Å². The van der Waals surface area contributed by atoms with Gasteiger partial charge in [-0.1, -0.05) is 12.1 Å². The molecule has 0 amide bonds. The largest absolute Gasteiger partial charge is 0.434 e. The number of anilines is 1. The van der Waals surface area contributed by atoms with Crippen LogP contribution in [0.1, 0.15) is 5.69 Å². The van der Waals surface area contributed by atoms with Crippen molar-refractivity contribution in [1.82, 2.24) is 9.97 Å². The van der Waals surface area contributed by atoms with E-state index in [4.69, 9.17) is 17.3 Å². The molecule has 0 aliphatic carbocycles. The molecule has 0 bridgehead atoms. The highest BCUT2D eigenvalue weighted by Crippen LogP contribution is 2.34. The van der Waals surface area contributed by atoms with Crippen LogP contribution in [0.25, 0.3) is 10.9 Å². The third-order valence-electron chi connectivity index (χ3n) is 2.00. The Morgan fingerprint density at radius 2 is 1.88 bits per heavy atom. The van der Waals surface area contributed by atoms with Gasteiger partial charge in [-0.3, -0.25) is 0 Å². The van der Waals surface area contributed by atoms with E-state index in [9.17, 15) is 13.2 Å². The second kappa shape index (κ2) is 3.48. The molecule has 1 heterocycles. The van der Waals surface area contributed by atoms with Crippen LogP contribution >= 0.6 is 11.6 Å². The summed E-state index contributed by atoms with van der Waals surface area (Å²) >= 11 is 5.42. The smallest absolute Gasteiger partial charge is 0.397 e. The molecule has 1 aromatic heterocycles. The van der Waals surface area contributed by atoms with Gasteiger partial charge in [0.2, 0.25) is 5.28 Å². The number of nitrogens with zero attached hydrogens (tertiary/aromatic N) is 2. The van der Waals surface area contributed by atoms with Gasteiger partial charge >= 0.3 is 6.18 Å². The number of nitrogens with two attached hydrogens (primary N) is 1. The van der Waals surface area contributed by atoms with Crippen LogP contribution in [0.2, 0.25) is 5.28 Å². The fourth-order valence-corrected chi connectivity index (χ4v) is 1.53. The molecule has 84 valence electrons. The quantitative estimate of drug-likeness (QED) is 0.575. The Kier molecular flexibility index (Phi) is 2.38. The zero-order chi connectivity index (χ0) is 11.9. The molecule has 16 heavy (non-hydrogen) atoms. The van der Waals surface area contributed by atoms with Gasteiger partial charge in [-0.2, -0.15) is 13.2 Å². The standard InChI is InChI=1S/C9H5ClF3N3/c10-8-15-6-4(2-1-3-5(6)14)7(16-8)9(11,12)13/h1-3H,14H2. The maximum Gasteiger partial charge on any atom is 0.434 e. The van der Waals surface area contributed by atoms with Gasteiger partial charge in [0.1, 0.15) is 0 Å². The molecule has 0 fully saturated rings. The molecule has 1 aromatic carbocycles. The predicted octanol–water partition coefficient (Wildman–Crippen LogP) is 2.88. The van der Waals surface area contributed by atoms with Gasteiger partial charge in [0.15, 0.2) is 5.69 Å². The van der Waals surface area contributed by atoms with E-state index >= 15 is 0 Å². The summed E-state index contributed by atoms with van der Waals surface area (Å²) in [6.45, 7) is 0. The van der Waals surface area contributed by atoms with Gasteiger partial charge in [-0.25, -0.2) is 9.97 Å². The summed E-state index contributed by atoms with van der Waals surface area (Å²) in [5.41, 5.74) is 4.59. The monoisotopic (exact) mass is 247 g/mol. The molecule has 0 spiro atoms. The van der Waals surface area contributed by atoms with Gasteiger partial charge in [-0.15, -0.1) is 0 Å². The Balaban J connectivity index is 2.89. The van der Waals surface area contributed by atoms with E-state index in [-0.39, 0.29) is 16.6 Å². The molecule has 7 heteroatoms. The summed E-state index contributed by atoms with van der Waals surface area (Å²) in [6, 6.07) is 4.11. The first kappa shape index (κ1) is 10.9. The van der Waals surface area contributed by atoms with E-state index < -0.39 is 17.2 Å². The minimum absolute atomic E-state index is 0.00910. The van der Waals surface area contributed by atoms with Crippen molar-refractivity contribution in [2.45, 2.75) is 6.18 Å². The van der Waals surface area contributed by atoms with Crippen molar-refractivity contribution >= 4 is 28.2 Å². The zero-order valence-electron chi connectivity index (χ0n) is 7.72. The Bertz CT molecular complexity index is 553. The molecule has 0 aliphatic rings. The van der Waals surface area contributed by atoms with Crippen LogP contribution in [-0.2, 0) is 6.18 Å². The third kappa shape index (κ3) is 1.76. The Labute approximate surface area is 93.1 Å². The van der Waals surface area contributed by atoms with Gasteiger partial charge in [0.25, 0.3) is 0 Å². The maximum atomic E-state index is 12.6. The molecule has 2 aromatic rings. The Hall–Kier alpha value is -1.56. The highest BCUT2D eigenvalue weighted by Gasteiger charge is 2.35. The summed E-state index contributed by atoms with van der Waals surface area (Å²) in [5, 5.41) is -0.630. The molecule has 0 aliphatic heterocycles. The fourth-order valence-electron chi connectivity index (χ4n) is 1.36. The average molecular weight is 248 g/mol. The number of para-hydroxylation sites is 1. The number of hydrogen-bond acceptors (Lipinski definition) is 3. The zero-order valence-corrected chi connectivity index (χ0v) is 8.47. The lowest BCUT2D eigenvalue weighted by molar-refractivity contribution is -0.139. The van der Waals surface area contributed by atoms with Crippen LogP contribution in [-0.4, -0.2) is 9.97 Å². The summed E-state index contributed by atoms with van der Waals surface area (Å²) in [4.78, 5) is 6.87. The number of alkyl halides is 3. The van der Waals surface area contributed by atoms with Crippen molar-refractivity contribution in [1.29, 1.82) is 0 Å². The Morgan fingerprint density at radius 1 is 1.19 bits per heavy atom.